The fourth-order valence-corrected chi connectivity index (χ4v) is 10.9. The Morgan fingerprint density at radius 3 is 1.56 bits per heavy atom. The second-order valence-electron chi connectivity index (χ2n) is 11.8. The first kappa shape index (κ1) is 34.2. The van der Waals surface area contributed by atoms with Crippen LogP contribution in [0, 0.1) is 5.92 Å². The zero-order valence-electron chi connectivity index (χ0n) is 24.4. The van der Waals surface area contributed by atoms with E-state index in [0.29, 0.717) is 25.3 Å². The summed E-state index contributed by atoms with van der Waals surface area (Å²) in [7, 11) is -6.38. The highest BCUT2D eigenvalue weighted by atomic mass is 32.2. The van der Waals surface area contributed by atoms with Crippen molar-refractivity contribution in [1.82, 2.24) is 20.4 Å². The van der Waals surface area contributed by atoms with E-state index >= 15 is 0 Å². The van der Waals surface area contributed by atoms with Gasteiger partial charge in [0.1, 0.15) is 12.1 Å². The van der Waals surface area contributed by atoms with E-state index in [1.54, 1.807) is 19.0 Å². The molecule has 4 aliphatic rings. The number of carbonyl (C=O) groups excluding carboxylic acids is 2. The van der Waals surface area contributed by atoms with Crippen LogP contribution in [-0.4, -0.2) is 133 Å². The smallest absolute Gasteiger partial charge is 0.240 e. The summed E-state index contributed by atoms with van der Waals surface area (Å²) >= 11 is 0. The number of likely N-dealkylation sites (N-methyl/N-ethyl adjacent to an activating group) is 2. The molecule has 1 saturated carbocycles. The fourth-order valence-electron chi connectivity index (χ4n) is 6.08. The molecule has 0 aromatic carbocycles. The Hall–Kier alpha value is -1.29. The van der Waals surface area contributed by atoms with Gasteiger partial charge in [0.25, 0.3) is 0 Å². The van der Waals surface area contributed by atoms with Gasteiger partial charge in [0.2, 0.25) is 11.8 Å². The van der Waals surface area contributed by atoms with Crippen LogP contribution < -0.4 is 10.6 Å². The number of nitrogens with zero attached hydrogens (tertiary/aromatic N) is 2. The van der Waals surface area contributed by atoms with Crippen LogP contribution in [0.2, 0.25) is 0 Å². The minimum Gasteiger partial charge on any atom is -0.340 e. The normalized spacial score (nSPS) is 30.8. The van der Waals surface area contributed by atoms with E-state index in [1.165, 1.54) is 43.4 Å². The molecule has 2 amide bonds. The van der Waals surface area contributed by atoms with Crippen LogP contribution in [0.5, 0.6) is 0 Å². The number of sulfone groups is 3. The number of nitrogens with one attached hydrogen (secondary N) is 2. The average molecular weight is 641 g/mol. The molecule has 238 valence electrons. The standard InChI is InChI=1S/C14H26N2O3S.C12H22N2O5S2/c1-15-13-11-20(18,19)9-8-16(14(13)17)10-12-6-4-2-3-5-7-12;1-13-11-9-20(16,17)7-5-14(12(11)15)8-10-4-2-3-6-21(10,18)19/h12-13,15H,2-11H2,1H3;10-11,13H,2-9H2,1H3. The lowest BCUT2D eigenvalue weighted by Crippen LogP contribution is -2.50. The van der Waals surface area contributed by atoms with Crippen LogP contribution in [0.4, 0.5) is 0 Å². The summed E-state index contributed by atoms with van der Waals surface area (Å²) in [6, 6.07) is -1.36. The quantitative estimate of drug-likeness (QED) is 0.365. The van der Waals surface area contributed by atoms with Gasteiger partial charge in [0.05, 0.1) is 34.0 Å². The third-order valence-corrected chi connectivity index (χ3v) is 14.2. The molecule has 4 rings (SSSR count). The molecule has 1 aliphatic carbocycles. The predicted octanol–water partition coefficient (Wildman–Crippen LogP) is -0.399. The molecule has 0 bridgehead atoms. The van der Waals surface area contributed by atoms with Gasteiger partial charge in [-0.05, 0) is 45.7 Å². The second kappa shape index (κ2) is 14.9. The molecule has 0 spiro atoms. The van der Waals surface area contributed by atoms with Crippen molar-refractivity contribution in [3.8, 4) is 0 Å². The molecular weight excluding hydrogens is 593 g/mol. The summed E-state index contributed by atoms with van der Waals surface area (Å²) in [4.78, 5) is 28.0. The van der Waals surface area contributed by atoms with Gasteiger partial charge in [-0.1, -0.05) is 32.1 Å². The van der Waals surface area contributed by atoms with Gasteiger partial charge in [-0.25, -0.2) is 25.3 Å². The largest absolute Gasteiger partial charge is 0.340 e. The van der Waals surface area contributed by atoms with Crippen molar-refractivity contribution < 1.29 is 34.8 Å². The number of hydrogen-bond donors (Lipinski definition) is 2. The summed E-state index contributed by atoms with van der Waals surface area (Å²) in [5, 5.41) is 5.01. The Balaban J connectivity index is 0.000000226. The molecule has 0 aromatic heterocycles. The Kier molecular flexibility index (Phi) is 12.5. The molecule has 3 atom stereocenters. The molecular formula is C26H48N4O8S3. The van der Waals surface area contributed by atoms with Crippen molar-refractivity contribution in [2.24, 2.45) is 5.92 Å². The Morgan fingerprint density at radius 1 is 0.634 bits per heavy atom. The van der Waals surface area contributed by atoms with Crippen LogP contribution in [0.15, 0.2) is 0 Å². The van der Waals surface area contributed by atoms with Crippen LogP contribution in [0.3, 0.4) is 0 Å². The van der Waals surface area contributed by atoms with Crippen molar-refractivity contribution in [1.29, 1.82) is 0 Å². The van der Waals surface area contributed by atoms with Crippen molar-refractivity contribution in [2.75, 3.05) is 69.0 Å². The molecule has 3 unspecified atom stereocenters. The Bertz CT molecular complexity index is 1210. The van der Waals surface area contributed by atoms with E-state index in [9.17, 15) is 34.8 Å². The van der Waals surface area contributed by atoms with Crippen molar-refractivity contribution in [3.63, 3.8) is 0 Å². The monoisotopic (exact) mass is 640 g/mol. The maximum atomic E-state index is 12.4. The second-order valence-corrected chi connectivity index (χ2v) is 18.7. The molecule has 3 aliphatic heterocycles. The van der Waals surface area contributed by atoms with E-state index < -0.39 is 46.8 Å². The molecule has 41 heavy (non-hydrogen) atoms. The maximum Gasteiger partial charge on any atom is 0.240 e. The van der Waals surface area contributed by atoms with Gasteiger partial charge in [-0.2, -0.15) is 0 Å². The van der Waals surface area contributed by atoms with Gasteiger partial charge in [0.15, 0.2) is 29.5 Å². The van der Waals surface area contributed by atoms with E-state index in [4.69, 9.17) is 0 Å². The highest BCUT2D eigenvalue weighted by Gasteiger charge is 2.37. The zero-order chi connectivity index (χ0) is 30.3. The summed E-state index contributed by atoms with van der Waals surface area (Å²) in [5.41, 5.74) is 0. The zero-order valence-corrected chi connectivity index (χ0v) is 26.9. The third kappa shape index (κ3) is 10.1. The first-order chi connectivity index (χ1) is 19.3. The van der Waals surface area contributed by atoms with Crippen LogP contribution in [0.1, 0.15) is 57.8 Å². The SMILES string of the molecule is CNC1CS(=O)(=O)CCN(CC2CCCCCC2)C1=O.CNC1CS(=O)(=O)CCN(CC2CCCCS2(=O)=O)C1=O. The molecule has 0 radical (unpaired) electrons. The first-order valence-electron chi connectivity index (χ1n) is 14.8. The van der Waals surface area contributed by atoms with Gasteiger partial charge >= 0.3 is 0 Å². The Labute approximate surface area is 246 Å². The summed E-state index contributed by atoms with van der Waals surface area (Å²) in [5.74, 6) is 0.0394. The lowest BCUT2D eigenvalue weighted by Gasteiger charge is -2.30. The summed E-state index contributed by atoms with van der Waals surface area (Å²) < 4.78 is 71.5. The first-order valence-corrected chi connectivity index (χ1v) is 20.2. The highest BCUT2D eigenvalue weighted by molar-refractivity contribution is 7.92. The summed E-state index contributed by atoms with van der Waals surface area (Å²) in [6.07, 6.45) is 9.43. The third-order valence-electron chi connectivity index (χ3n) is 8.69. The van der Waals surface area contributed by atoms with Gasteiger partial charge in [-0.15, -0.1) is 0 Å². The fraction of sp³-hybridized carbons (Fsp3) is 0.923. The van der Waals surface area contributed by atoms with Gasteiger partial charge in [0, 0.05) is 26.2 Å². The van der Waals surface area contributed by atoms with Gasteiger partial charge < -0.3 is 20.4 Å². The maximum absolute atomic E-state index is 12.4. The molecule has 2 N–H and O–H groups in total. The van der Waals surface area contributed by atoms with Gasteiger partial charge in [-0.3, -0.25) is 9.59 Å². The number of carbonyl (C=O) groups is 2. The number of hydrogen-bond acceptors (Lipinski definition) is 10. The van der Waals surface area contributed by atoms with E-state index in [0.717, 1.165) is 13.0 Å². The Morgan fingerprint density at radius 2 is 1.10 bits per heavy atom. The topological polar surface area (TPSA) is 167 Å². The molecule has 4 fully saturated rings. The van der Waals surface area contributed by atoms with Crippen LogP contribution in [-0.2, 0) is 39.1 Å². The molecule has 3 saturated heterocycles. The lowest BCUT2D eigenvalue weighted by atomic mass is 9.99. The molecule has 0 aromatic rings. The highest BCUT2D eigenvalue weighted by Crippen LogP contribution is 2.25. The summed E-state index contributed by atoms with van der Waals surface area (Å²) in [6.45, 7) is 1.27. The number of rotatable bonds is 6. The van der Waals surface area contributed by atoms with Crippen molar-refractivity contribution in [3.05, 3.63) is 0 Å². The molecule has 3 heterocycles. The molecule has 15 heteroatoms. The van der Waals surface area contributed by atoms with E-state index in [2.05, 4.69) is 10.6 Å². The lowest BCUT2D eigenvalue weighted by molar-refractivity contribution is -0.133. The predicted molar refractivity (Wildman–Crippen MR) is 159 cm³/mol. The van der Waals surface area contributed by atoms with E-state index in [1.807, 2.05) is 0 Å². The van der Waals surface area contributed by atoms with E-state index in [-0.39, 0.29) is 53.7 Å². The minimum atomic E-state index is -3.29. The number of amides is 2. The van der Waals surface area contributed by atoms with Crippen molar-refractivity contribution >= 4 is 41.3 Å². The minimum absolute atomic E-state index is 0.0437. The average Bonchev–Trinajstić information content (AvgIpc) is 3.28. The van der Waals surface area contributed by atoms with Crippen LogP contribution >= 0.6 is 0 Å². The van der Waals surface area contributed by atoms with Crippen LogP contribution in [0.25, 0.3) is 0 Å². The molecule has 12 nitrogen and oxygen atoms in total. The van der Waals surface area contributed by atoms with Crippen molar-refractivity contribution in [2.45, 2.75) is 75.1 Å².